The van der Waals surface area contributed by atoms with E-state index in [2.05, 4.69) is 0 Å². The first-order chi connectivity index (χ1) is 7.56. The Hall–Kier alpha value is -1.62. The quantitative estimate of drug-likeness (QED) is 0.783. The first kappa shape index (κ1) is 12.4. The third-order valence-electron chi connectivity index (χ3n) is 2.20. The standard InChI is InChI=1S/C11H15FN2O2/c1-14(5-6-16-2)11(15)9-7-8(13)3-4-10(9)12/h3-4,7H,5-6,13H2,1-2H3. The molecule has 0 spiro atoms. The summed E-state index contributed by atoms with van der Waals surface area (Å²) in [5.41, 5.74) is 5.85. The predicted octanol–water partition coefficient (Wildman–Crippen LogP) is 1.13. The van der Waals surface area contributed by atoms with E-state index in [9.17, 15) is 9.18 Å². The fourth-order valence-electron chi connectivity index (χ4n) is 1.24. The normalized spacial score (nSPS) is 10.2. The highest BCUT2D eigenvalue weighted by molar-refractivity contribution is 5.95. The van der Waals surface area contributed by atoms with Gasteiger partial charge in [0.1, 0.15) is 5.82 Å². The SMILES string of the molecule is COCCN(C)C(=O)c1cc(N)ccc1F. The number of nitrogen functional groups attached to an aromatic ring is 1. The first-order valence-electron chi connectivity index (χ1n) is 4.85. The van der Waals surface area contributed by atoms with Crippen LogP contribution in [0, 0.1) is 5.82 Å². The third-order valence-corrected chi connectivity index (χ3v) is 2.20. The Labute approximate surface area is 93.8 Å². The van der Waals surface area contributed by atoms with Crippen molar-refractivity contribution in [2.45, 2.75) is 0 Å². The molecule has 0 atom stereocenters. The highest BCUT2D eigenvalue weighted by Crippen LogP contribution is 2.13. The van der Waals surface area contributed by atoms with Crippen LogP contribution in [0.25, 0.3) is 0 Å². The fourth-order valence-corrected chi connectivity index (χ4v) is 1.24. The number of rotatable bonds is 4. The number of ether oxygens (including phenoxy) is 1. The first-order valence-corrected chi connectivity index (χ1v) is 4.85. The van der Waals surface area contributed by atoms with E-state index in [-0.39, 0.29) is 5.56 Å². The molecule has 0 heterocycles. The Morgan fingerprint density at radius 3 is 2.88 bits per heavy atom. The maximum atomic E-state index is 13.4. The second-order valence-electron chi connectivity index (χ2n) is 3.46. The molecule has 5 heteroatoms. The molecule has 0 aliphatic carbocycles. The Morgan fingerprint density at radius 1 is 1.56 bits per heavy atom. The number of benzene rings is 1. The molecule has 0 saturated heterocycles. The zero-order chi connectivity index (χ0) is 12.1. The summed E-state index contributed by atoms with van der Waals surface area (Å²) in [7, 11) is 3.13. The van der Waals surface area contributed by atoms with Gasteiger partial charge in [0.15, 0.2) is 0 Å². The second-order valence-corrected chi connectivity index (χ2v) is 3.46. The van der Waals surface area contributed by atoms with Gasteiger partial charge in [-0.1, -0.05) is 0 Å². The van der Waals surface area contributed by atoms with Crippen LogP contribution in [0.4, 0.5) is 10.1 Å². The van der Waals surface area contributed by atoms with Gasteiger partial charge in [0.25, 0.3) is 5.91 Å². The molecule has 1 amide bonds. The van der Waals surface area contributed by atoms with Crippen molar-refractivity contribution in [3.8, 4) is 0 Å². The second kappa shape index (κ2) is 5.46. The molecule has 0 fully saturated rings. The summed E-state index contributed by atoms with van der Waals surface area (Å²) in [5, 5.41) is 0. The number of amides is 1. The van der Waals surface area contributed by atoms with E-state index in [1.807, 2.05) is 0 Å². The van der Waals surface area contributed by atoms with Crippen molar-refractivity contribution in [3.05, 3.63) is 29.6 Å². The number of hydrogen-bond donors (Lipinski definition) is 1. The topological polar surface area (TPSA) is 55.6 Å². The van der Waals surface area contributed by atoms with Crippen molar-refractivity contribution in [1.82, 2.24) is 4.90 Å². The monoisotopic (exact) mass is 226 g/mol. The number of carbonyl (C=O) groups excluding carboxylic acids is 1. The molecule has 1 aromatic rings. The van der Waals surface area contributed by atoms with E-state index in [0.29, 0.717) is 18.8 Å². The smallest absolute Gasteiger partial charge is 0.256 e. The molecule has 0 aliphatic rings. The Morgan fingerprint density at radius 2 is 2.25 bits per heavy atom. The molecule has 0 bridgehead atoms. The molecule has 0 saturated carbocycles. The van der Waals surface area contributed by atoms with Crippen LogP contribution in [-0.4, -0.2) is 38.1 Å². The van der Waals surface area contributed by atoms with Gasteiger partial charge in [-0.3, -0.25) is 4.79 Å². The minimum Gasteiger partial charge on any atom is -0.399 e. The van der Waals surface area contributed by atoms with Crippen LogP contribution < -0.4 is 5.73 Å². The zero-order valence-corrected chi connectivity index (χ0v) is 9.37. The van der Waals surface area contributed by atoms with Crippen LogP contribution in [0.1, 0.15) is 10.4 Å². The van der Waals surface area contributed by atoms with E-state index < -0.39 is 11.7 Å². The van der Waals surface area contributed by atoms with Crippen LogP contribution >= 0.6 is 0 Å². The maximum Gasteiger partial charge on any atom is 0.256 e. The molecule has 88 valence electrons. The largest absolute Gasteiger partial charge is 0.399 e. The van der Waals surface area contributed by atoms with Crippen molar-refractivity contribution in [2.24, 2.45) is 0 Å². The van der Waals surface area contributed by atoms with Gasteiger partial charge >= 0.3 is 0 Å². The summed E-state index contributed by atoms with van der Waals surface area (Å²) in [6.45, 7) is 0.815. The number of nitrogens with zero attached hydrogens (tertiary/aromatic N) is 1. The van der Waals surface area contributed by atoms with Gasteiger partial charge in [-0.15, -0.1) is 0 Å². The highest BCUT2D eigenvalue weighted by Gasteiger charge is 2.15. The van der Waals surface area contributed by atoms with Crippen molar-refractivity contribution in [1.29, 1.82) is 0 Å². The fraction of sp³-hybridized carbons (Fsp3) is 0.364. The van der Waals surface area contributed by atoms with Crippen LogP contribution in [0.5, 0.6) is 0 Å². The van der Waals surface area contributed by atoms with E-state index in [1.54, 1.807) is 14.2 Å². The number of halogens is 1. The van der Waals surface area contributed by atoms with Gasteiger partial charge in [0, 0.05) is 26.4 Å². The summed E-state index contributed by atoms with van der Waals surface area (Å²) < 4.78 is 18.2. The molecule has 0 radical (unpaired) electrons. The molecule has 4 nitrogen and oxygen atoms in total. The Bertz CT molecular complexity index is 382. The van der Waals surface area contributed by atoms with Gasteiger partial charge in [0.2, 0.25) is 0 Å². The van der Waals surface area contributed by atoms with Gasteiger partial charge in [-0.25, -0.2) is 4.39 Å². The van der Waals surface area contributed by atoms with Crippen LogP contribution in [0.15, 0.2) is 18.2 Å². The molecule has 0 aliphatic heterocycles. The number of likely N-dealkylation sites (N-methyl/N-ethyl adjacent to an activating group) is 1. The molecule has 0 aromatic heterocycles. The molecule has 1 aromatic carbocycles. The lowest BCUT2D eigenvalue weighted by molar-refractivity contribution is 0.0740. The number of methoxy groups -OCH3 is 1. The molecule has 1 rings (SSSR count). The summed E-state index contributed by atoms with van der Waals surface area (Å²) in [6.07, 6.45) is 0. The lowest BCUT2D eigenvalue weighted by Crippen LogP contribution is -2.30. The summed E-state index contributed by atoms with van der Waals surface area (Å²) >= 11 is 0. The van der Waals surface area contributed by atoms with Crippen LogP contribution in [0.2, 0.25) is 0 Å². The Kier molecular flexibility index (Phi) is 4.25. The average Bonchev–Trinajstić information content (AvgIpc) is 2.28. The number of anilines is 1. The van der Waals surface area contributed by atoms with E-state index in [0.717, 1.165) is 0 Å². The third kappa shape index (κ3) is 2.93. The molecule has 2 N–H and O–H groups in total. The number of hydrogen-bond acceptors (Lipinski definition) is 3. The van der Waals surface area contributed by atoms with E-state index in [1.165, 1.54) is 23.1 Å². The predicted molar refractivity (Wildman–Crippen MR) is 59.6 cm³/mol. The summed E-state index contributed by atoms with van der Waals surface area (Å²) in [4.78, 5) is 13.2. The van der Waals surface area contributed by atoms with Crippen LogP contribution in [0.3, 0.4) is 0 Å². The molecular weight excluding hydrogens is 211 g/mol. The van der Waals surface area contributed by atoms with Crippen molar-refractivity contribution in [2.75, 3.05) is 33.0 Å². The maximum absolute atomic E-state index is 13.4. The average molecular weight is 226 g/mol. The van der Waals surface area contributed by atoms with Crippen LogP contribution in [-0.2, 0) is 4.74 Å². The molecule has 0 unspecified atom stereocenters. The highest BCUT2D eigenvalue weighted by atomic mass is 19.1. The van der Waals surface area contributed by atoms with Crippen molar-refractivity contribution >= 4 is 11.6 Å². The number of carbonyl (C=O) groups is 1. The van der Waals surface area contributed by atoms with Crippen molar-refractivity contribution < 1.29 is 13.9 Å². The summed E-state index contributed by atoms with van der Waals surface area (Å²) in [6, 6.07) is 3.94. The van der Waals surface area contributed by atoms with Gasteiger partial charge in [-0.05, 0) is 18.2 Å². The lowest BCUT2D eigenvalue weighted by atomic mass is 10.1. The van der Waals surface area contributed by atoms with Gasteiger partial charge < -0.3 is 15.4 Å². The minimum absolute atomic E-state index is 0.0152. The lowest BCUT2D eigenvalue weighted by Gasteiger charge is -2.17. The molecule has 16 heavy (non-hydrogen) atoms. The Balaban J connectivity index is 2.83. The molecular formula is C11H15FN2O2. The van der Waals surface area contributed by atoms with Gasteiger partial charge in [-0.2, -0.15) is 0 Å². The van der Waals surface area contributed by atoms with E-state index in [4.69, 9.17) is 10.5 Å². The summed E-state index contributed by atoms with van der Waals surface area (Å²) in [5.74, 6) is -0.967. The van der Waals surface area contributed by atoms with Gasteiger partial charge in [0.05, 0.1) is 12.2 Å². The van der Waals surface area contributed by atoms with E-state index >= 15 is 0 Å². The van der Waals surface area contributed by atoms with Crippen molar-refractivity contribution in [3.63, 3.8) is 0 Å². The zero-order valence-electron chi connectivity index (χ0n) is 9.37. The number of nitrogens with two attached hydrogens (primary N) is 1. The minimum atomic E-state index is -0.566.